The molecule has 4 aromatic rings. The fraction of sp³-hybridized carbons (Fsp3) is 0.111. The highest BCUT2D eigenvalue weighted by atomic mass is 32.1. The predicted octanol–water partition coefficient (Wildman–Crippen LogP) is 3.09. The Morgan fingerprint density at radius 2 is 1.88 bits per heavy atom. The largest absolute Gasteiger partial charge is 0.345 e. The maximum atomic E-state index is 12.5. The van der Waals surface area contributed by atoms with Crippen molar-refractivity contribution >= 4 is 22.2 Å². The van der Waals surface area contributed by atoms with Crippen LogP contribution < -0.4 is 5.32 Å². The highest BCUT2D eigenvalue weighted by Crippen LogP contribution is 2.20. The number of carbonyl (C=O) groups is 1. The van der Waals surface area contributed by atoms with E-state index in [4.69, 9.17) is 0 Å². The maximum absolute atomic E-state index is 12.5. The standard InChI is InChI=1S/C18H15N5OS/c1-12-20-21-18-23(12)22-16(25-18)11-19-17(24)15-9-5-8-14(10-15)13-6-3-2-4-7-13/h2-10H,11H2,1H3,(H,19,24). The van der Waals surface area contributed by atoms with Crippen molar-refractivity contribution in [3.05, 3.63) is 71.0 Å². The molecule has 6 nitrogen and oxygen atoms in total. The van der Waals surface area contributed by atoms with Crippen molar-refractivity contribution in [1.82, 2.24) is 25.1 Å². The van der Waals surface area contributed by atoms with Gasteiger partial charge in [0.1, 0.15) is 5.01 Å². The molecular weight excluding hydrogens is 334 g/mol. The Morgan fingerprint density at radius 3 is 2.68 bits per heavy atom. The van der Waals surface area contributed by atoms with E-state index in [1.807, 2.05) is 61.5 Å². The van der Waals surface area contributed by atoms with Crippen LogP contribution in [0.3, 0.4) is 0 Å². The van der Waals surface area contributed by atoms with Crippen molar-refractivity contribution in [2.75, 3.05) is 0 Å². The number of aromatic nitrogens is 4. The van der Waals surface area contributed by atoms with Crippen LogP contribution in [0.5, 0.6) is 0 Å². The number of aryl methyl sites for hydroxylation is 1. The molecule has 0 spiro atoms. The van der Waals surface area contributed by atoms with Gasteiger partial charge in [0.15, 0.2) is 5.82 Å². The van der Waals surface area contributed by atoms with Gasteiger partial charge in [-0.3, -0.25) is 4.79 Å². The van der Waals surface area contributed by atoms with E-state index in [-0.39, 0.29) is 5.91 Å². The van der Waals surface area contributed by atoms with Crippen molar-refractivity contribution < 1.29 is 4.79 Å². The van der Waals surface area contributed by atoms with Crippen LogP contribution in [0.2, 0.25) is 0 Å². The summed E-state index contributed by atoms with van der Waals surface area (Å²) in [5, 5.41) is 16.1. The zero-order valence-electron chi connectivity index (χ0n) is 13.5. The van der Waals surface area contributed by atoms with Gasteiger partial charge in [0.05, 0.1) is 6.54 Å². The molecular formula is C18H15N5OS. The Hall–Kier alpha value is -3.06. The van der Waals surface area contributed by atoms with Crippen LogP contribution >= 0.6 is 11.3 Å². The molecule has 0 fully saturated rings. The van der Waals surface area contributed by atoms with Crippen LogP contribution in [0.1, 0.15) is 21.2 Å². The summed E-state index contributed by atoms with van der Waals surface area (Å²) in [5.41, 5.74) is 2.73. The number of benzene rings is 2. The average Bonchev–Trinajstić information content (AvgIpc) is 3.22. The van der Waals surface area contributed by atoms with Crippen molar-refractivity contribution in [3.8, 4) is 11.1 Å². The average molecular weight is 349 g/mol. The topological polar surface area (TPSA) is 72.2 Å². The van der Waals surface area contributed by atoms with Gasteiger partial charge in [0.2, 0.25) is 4.96 Å². The molecule has 1 amide bonds. The molecule has 25 heavy (non-hydrogen) atoms. The molecule has 1 N–H and O–H groups in total. The van der Waals surface area contributed by atoms with E-state index >= 15 is 0 Å². The smallest absolute Gasteiger partial charge is 0.251 e. The van der Waals surface area contributed by atoms with E-state index in [9.17, 15) is 4.79 Å². The molecule has 124 valence electrons. The molecule has 7 heteroatoms. The lowest BCUT2D eigenvalue weighted by atomic mass is 10.0. The third-order valence-corrected chi connectivity index (χ3v) is 4.72. The second kappa shape index (κ2) is 6.45. The van der Waals surface area contributed by atoms with E-state index in [2.05, 4.69) is 20.6 Å². The van der Waals surface area contributed by atoms with Gasteiger partial charge in [-0.05, 0) is 30.2 Å². The van der Waals surface area contributed by atoms with Crippen LogP contribution in [0.15, 0.2) is 54.6 Å². The monoisotopic (exact) mass is 349 g/mol. The first-order valence-electron chi connectivity index (χ1n) is 7.82. The van der Waals surface area contributed by atoms with E-state index < -0.39 is 0 Å². The second-order valence-corrected chi connectivity index (χ2v) is 6.61. The molecule has 2 heterocycles. The molecule has 0 aliphatic rings. The minimum Gasteiger partial charge on any atom is -0.345 e. The van der Waals surface area contributed by atoms with Gasteiger partial charge >= 0.3 is 0 Å². The summed E-state index contributed by atoms with van der Waals surface area (Å²) in [6, 6.07) is 17.6. The fourth-order valence-corrected chi connectivity index (χ4v) is 3.37. The normalized spacial score (nSPS) is 10.9. The van der Waals surface area contributed by atoms with Crippen LogP contribution in [0.25, 0.3) is 16.1 Å². The lowest BCUT2D eigenvalue weighted by Crippen LogP contribution is -2.22. The molecule has 0 atom stereocenters. The van der Waals surface area contributed by atoms with Gasteiger partial charge in [-0.1, -0.05) is 53.8 Å². The molecule has 0 bridgehead atoms. The number of carbonyl (C=O) groups excluding carboxylic acids is 1. The van der Waals surface area contributed by atoms with Crippen LogP contribution in [0.4, 0.5) is 0 Å². The fourth-order valence-electron chi connectivity index (χ4n) is 2.55. The van der Waals surface area contributed by atoms with Crippen LogP contribution in [-0.4, -0.2) is 25.7 Å². The Bertz CT molecular complexity index is 1040. The summed E-state index contributed by atoms with van der Waals surface area (Å²) in [6.07, 6.45) is 0. The summed E-state index contributed by atoms with van der Waals surface area (Å²) in [5.74, 6) is 0.611. The summed E-state index contributed by atoms with van der Waals surface area (Å²) >= 11 is 1.42. The number of fused-ring (bicyclic) bond motifs is 1. The minimum absolute atomic E-state index is 0.125. The minimum atomic E-state index is -0.125. The van der Waals surface area contributed by atoms with Crippen molar-refractivity contribution in [2.24, 2.45) is 0 Å². The summed E-state index contributed by atoms with van der Waals surface area (Å²) in [7, 11) is 0. The van der Waals surface area contributed by atoms with Crippen LogP contribution in [0, 0.1) is 6.92 Å². The zero-order valence-corrected chi connectivity index (χ0v) is 14.3. The number of rotatable bonds is 4. The van der Waals surface area contributed by atoms with Gasteiger partial charge in [-0.2, -0.15) is 9.61 Å². The number of nitrogens with zero attached hydrogens (tertiary/aromatic N) is 4. The number of hydrogen-bond donors (Lipinski definition) is 1. The molecule has 0 saturated heterocycles. The van der Waals surface area contributed by atoms with Crippen molar-refractivity contribution in [1.29, 1.82) is 0 Å². The maximum Gasteiger partial charge on any atom is 0.251 e. The zero-order chi connectivity index (χ0) is 17.2. The Kier molecular flexibility index (Phi) is 3.99. The lowest BCUT2D eigenvalue weighted by molar-refractivity contribution is 0.0951. The van der Waals surface area contributed by atoms with Crippen molar-refractivity contribution in [3.63, 3.8) is 0 Å². The van der Waals surface area contributed by atoms with Gasteiger partial charge in [-0.15, -0.1) is 10.2 Å². The third kappa shape index (κ3) is 3.14. The first-order valence-corrected chi connectivity index (χ1v) is 8.64. The molecule has 0 aliphatic carbocycles. The Balaban J connectivity index is 1.49. The second-order valence-electron chi connectivity index (χ2n) is 5.57. The predicted molar refractivity (Wildman–Crippen MR) is 96.4 cm³/mol. The summed E-state index contributed by atoms with van der Waals surface area (Å²) in [6.45, 7) is 2.21. The highest BCUT2D eigenvalue weighted by Gasteiger charge is 2.11. The quantitative estimate of drug-likeness (QED) is 0.614. The van der Waals surface area contributed by atoms with Crippen molar-refractivity contribution in [2.45, 2.75) is 13.5 Å². The van der Waals surface area contributed by atoms with Gasteiger partial charge in [0, 0.05) is 5.56 Å². The number of hydrogen-bond acceptors (Lipinski definition) is 5. The molecule has 0 unspecified atom stereocenters. The van der Waals surface area contributed by atoms with E-state index in [0.717, 1.165) is 26.9 Å². The van der Waals surface area contributed by atoms with Gasteiger partial charge < -0.3 is 5.32 Å². The lowest BCUT2D eigenvalue weighted by Gasteiger charge is -2.06. The summed E-state index contributed by atoms with van der Waals surface area (Å²) in [4.78, 5) is 13.2. The Morgan fingerprint density at radius 1 is 1.08 bits per heavy atom. The van der Waals surface area contributed by atoms with Gasteiger partial charge in [-0.25, -0.2) is 0 Å². The van der Waals surface area contributed by atoms with E-state index in [0.29, 0.717) is 12.1 Å². The Labute approximate surface area is 148 Å². The molecule has 4 rings (SSSR count). The first-order chi connectivity index (χ1) is 12.2. The third-order valence-electron chi connectivity index (χ3n) is 3.82. The first kappa shape index (κ1) is 15.5. The molecule has 0 aliphatic heterocycles. The van der Waals surface area contributed by atoms with Gasteiger partial charge in [0.25, 0.3) is 5.91 Å². The SMILES string of the molecule is Cc1nnc2sc(CNC(=O)c3cccc(-c4ccccc4)c3)nn12. The number of amides is 1. The molecule has 2 aromatic carbocycles. The molecule has 2 aromatic heterocycles. The molecule has 0 radical (unpaired) electrons. The van der Waals surface area contributed by atoms with Crippen LogP contribution in [-0.2, 0) is 6.54 Å². The molecule has 0 saturated carbocycles. The highest BCUT2D eigenvalue weighted by molar-refractivity contribution is 7.16. The number of nitrogens with one attached hydrogen (secondary N) is 1. The summed E-state index contributed by atoms with van der Waals surface area (Å²) < 4.78 is 1.68. The van der Waals surface area contributed by atoms with E-state index in [1.54, 1.807) is 4.52 Å². The van der Waals surface area contributed by atoms with E-state index in [1.165, 1.54) is 11.3 Å².